The molecule has 3 aliphatic heterocycles. The van der Waals surface area contributed by atoms with Gasteiger partial charge in [0.05, 0.1) is 12.9 Å². The molecule has 1 amide bonds. The normalized spacial score (nSPS) is 31.0. The number of nitrogens with zero attached hydrogens (tertiary/aromatic N) is 4. The maximum atomic E-state index is 17.7. The molecule has 6 rings (SSSR count). The number of halogens is 1. The van der Waals surface area contributed by atoms with Crippen LogP contribution in [0.2, 0.25) is 0 Å². The number of hydrogen-bond donors (Lipinski definition) is 4. The number of fused-ring (bicyclic) bond motifs is 1. The summed E-state index contributed by atoms with van der Waals surface area (Å²) >= 11 is 0. The number of hydrogen-bond acceptors (Lipinski definition) is 11. The molecule has 0 saturated carbocycles. The summed E-state index contributed by atoms with van der Waals surface area (Å²) in [6.07, 6.45) is -6.96. The van der Waals surface area contributed by atoms with Crippen LogP contribution in [0.4, 0.5) is 4.39 Å². The predicted octanol–water partition coefficient (Wildman–Crippen LogP) is 0.737. The number of ketones is 2. The lowest BCUT2D eigenvalue weighted by atomic mass is 9.82. The zero-order valence-electron chi connectivity index (χ0n) is 23.1. The Balaban J connectivity index is 1.61. The number of aliphatic hydroxyl groups is 3. The number of Topliss-reactive ketones (excluding diaryl/α,β-unsaturated/α-hetero) is 2. The first kappa shape index (κ1) is 29.3. The quantitative estimate of drug-likeness (QED) is 0.225. The molecule has 0 radical (unpaired) electrons. The lowest BCUT2D eigenvalue weighted by Gasteiger charge is -2.50. The van der Waals surface area contributed by atoms with E-state index in [4.69, 9.17) is 10.5 Å². The molecule has 3 aromatic carbocycles. The number of amidine groups is 1. The SMILES string of the molecule is NC1=NC(F)(C(=O)c2ccccc2)N(C(=O)c2ccccc2)C2N([C@@H]3O[C@H](CO)C(O)C3O)C=NC12C(=O)c1ccccc1. The van der Waals surface area contributed by atoms with Gasteiger partial charge in [0.1, 0.15) is 24.1 Å². The van der Waals surface area contributed by atoms with E-state index in [0.717, 1.165) is 11.2 Å². The van der Waals surface area contributed by atoms with Crippen LogP contribution in [-0.2, 0) is 4.74 Å². The summed E-state index contributed by atoms with van der Waals surface area (Å²) in [5, 5.41) is 31.3. The summed E-state index contributed by atoms with van der Waals surface area (Å²) in [4.78, 5) is 52.6. The largest absolute Gasteiger partial charge is 0.394 e. The van der Waals surface area contributed by atoms with Crippen LogP contribution in [0, 0.1) is 0 Å². The fraction of sp³-hybridized carbons (Fsp3) is 0.258. The van der Waals surface area contributed by atoms with E-state index >= 15 is 4.39 Å². The molecule has 13 heteroatoms. The number of nitrogens with two attached hydrogens (primary N) is 1. The van der Waals surface area contributed by atoms with Crippen LogP contribution in [0.1, 0.15) is 31.1 Å². The minimum absolute atomic E-state index is 0.0554. The Hall–Kier alpha value is -4.82. The molecule has 1 saturated heterocycles. The molecule has 12 nitrogen and oxygen atoms in total. The Kier molecular flexibility index (Phi) is 7.33. The zero-order chi connectivity index (χ0) is 31.2. The third-order valence-electron chi connectivity index (χ3n) is 8.03. The number of ether oxygens (including phenoxy) is 1. The van der Waals surface area contributed by atoms with Crippen molar-refractivity contribution in [2.45, 2.75) is 42.2 Å². The second-order valence-corrected chi connectivity index (χ2v) is 10.6. The fourth-order valence-electron chi connectivity index (χ4n) is 5.81. The summed E-state index contributed by atoms with van der Waals surface area (Å²) < 4.78 is 23.4. The molecule has 7 atom stereocenters. The molecule has 1 fully saturated rings. The van der Waals surface area contributed by atoms with Crippen LogP contribution in [-0.4, -0.2) is 104 Å². The van der Waals surface area contributed by atoms with Crippen molar-refractivity contribution in [1.29, 1.82) is 0 Å². The van der Waals surface area contributed by atoms with E-state index in [0.29, 0.717) is 4.90 Å². The molecule has 0 spiro atoms. The number of carbonyl (C=O) groups excluding carboxylic acids is 3. The van der Waals surface area contributed by atoms with Gasteiger partial charge in [-0.25, -0.2) is 9.98 Å². The maximum Gasteiger partial charge on any atom is 0.348 e. The van der Waals surface area contributed by atoms with Gasteiger partial charge in [0.15, 0.2) is 12.4 Å². The highest BCUT2D eigenvalue weighted by atomic mass is 19.2. The predicted molar refractivity (Wildman–Crippen MR) is 154 cm³/mol. The molecule has 0 aromatic heterocycles. The minimum atomic E-state index is -3.51. The highest BCUT2D eigenvalue weighted by Gasteiger charge is 2.69. The molecule has 0 bridgehead atoms. The Morgan fingerprint density at radius 2 is 1.36 bits per heavy atom. The van der Waals surface area contributed by atoms with Gasteiger partial charge in [0.25, 0.3) is 5.91 Å². The molecule has 5 N–H and O–H groups in total. The van der Waals surface area contributed by atoms with Gasteiger partial charge >= 0.3 is 5.92 Å². The first-order valence-corrected chi connectivity index (χ1v) is 13.7. The zero-order valence-corrected chi connectivity index (χ0v) is 23.1. The molecule has 44 heavy (non-hydrogen) atoms. The van der Waals surface area contributed by atoms with Crippen LogP contribution in [0.15, 0.2) is 101 Å². The maximum absolute atomic E-state index is 17.7. The Morgan fingerprint density at radius 3 is 1.89 bits per heavy atom. The third kappa shape index (κ3) is 4.32. The van der Waals surface area contributed by atoms with E-state index in [1.54, 1.807) is 30.3 Å². The summed E-state index contributed by atoms with van der Waals surface area (Å²) in [6, 6.07) is 22.6. The van der Waals surface area contributed by atoms with Crippen molar-refractivity contribution >= 4 is 29.6 Å². The number of aliphatic hydroxyl groups excluding tert-OH is 3. The Labute approximate surface area is 250 Å². The van der Waals surface area contributed by atoms with Crippen molar-refractivity contribution in [3.8, 4) is 0 Å². The molecular formula is C31H28FN5O7. The molecule has 3 aromatic rings. The van der Waals surface area contributed by atoms with E-state index < -0.39 is 72.1 Å². The van der Waals surface area contributed by atoms with E-state index in [9.17, 15) is 29.7 Å². The summed E-state index contributed by atoms with van der Waals surface area (Å²) in [6.45, 7) is -0.686. The van der Waals surface area contributed by atoms with Crippen LogP contribution in [0.25, 0.3) is 0 Å². The second kappa shape index (κ2) is 11.0. The monoisotopic (exact) mass is 601 g/mol. The number of benzene rings is 3. The number of aliphatic imine (C=N–C) groups is 2. The average Bonchev–Trinajstić information content (AvgIpc) is 3.59. The number of alkyl halides is 1. The lowest BCUT2D eigenvalue weighted by Crippen LogP contribution is -2.76. The number of rotatable bonds is 7. The summed E-state index contributed by atoms with van der Waals surface area (Å²) in [5.41, 5.74) is 4.00. The van der Waals surface area contributed by atoms with Crippen molar-refractivity contribution < 1.29 is 38.8 Å². The number of amides is 1. The Morgan fingerprint density at radius 1 is 0.841 bits per heavy atom. The van der Waals surface area contributed by atoms with Gasteiger partial charge in [-0.3, -0.25) is 19.3 Å². The van der Waals surface area contributed by atoms with Crippen molar-refractivity contribution in [3.05, 3.63) is 108 Å². The van der Waals surface area contributed by atoms with Crippen molar-refractivity contribution in [1.82, 2.24) is 9.80 Å². The highest BCUT2D eigenvalue weighted by molar-refractivity contribution is 6.23. The van der Waals surface area contributed by atoms with Crippen LogP contribution in [0.5, 0.6) is 0 Å². The van der Waals surface area contributed by atoms with E-state index in [2.05, 4.69) is 9.98 Å². The first-order valence-electron chi connectivity index (χ1n) is 13.7. The first-order chi connectivity index (χ1) is 21.1. The summed E-state index contributed by atoms with van der Waals surface area (Å²) in [7, 11) is 0. The molecule has 3 heterocycles. The molecule has 5 unspecified atom stereocenters. The molecule has 0 aliphatic carbocycles. The van der Waals surface area contributed by atoms with Crippen molar-refractivity contribution in [2.24, 2.45) is 15.7 Å². The van der Waals surface area contributed by atoms with Gasteiger partial charge in [-0.15, -0.1) is 0 Å². The van der Waals surface area contributed by atoms with Crippen molar-refractivity contribution in [3.63, 3.8) is 0 Å². The van der Waals surface area contributed by atoms with Gasteiger partial charge in [-0.05, 0) is 12.1 Å². The highest BCUT2D eigenvalue weighted by Crippen LogP contribution is 2.45. The molecule has 226 valence electrons. The fourth-order valence-corrected chi connectivity index (χ4v) is 5.81. The third-order valence-corrected chi connectivity index (χ3v) is 8.03. The number of carbonyl (C=O) groups is 3. The topological polar surface area (TPSA) is 178 Å². The van der Waals surface area contributed by atoms with E-state index in [1.165, 1.54) is 60.7 Å². The van der Waals surface area contributed by atoms with Crippen LogP contribution in [0.3, 0.4) is 0 Å². The van der Waals surface area contributed by atoms with Crippen LogP contribution >= 0.6 is 0 Å². The lowest BCUT2D eigenvalue weighted by molar-refractivity contribution is -0.125. The van der Waals surface area contributed by atoms with Gasteiger partial charge in [-0.1, -0.05) is 78.9 Å². The van der Waals surface area contributed by atoms with E-state index in [1.807, 2.05) is 0 Å². The van der Waals surface area contributed by atoms with Crippen molar-refractivity contribution in [2.75, 3.05) is 6.61 Å². The molecule has 3 aliphatic rings. The second-order valence-electron chi connectivity index (χ2n) is 10.6. The Bertz CT molecular complexity index is 1640. The van der Waals surface area contributed by atoms with E-state index in [-0.39, 0.29) is 16.7 Å². The van der Waals surface area contributed by atoms with Gasteiger partial charge in [0.2, 0.25) is 17.1 Å². The van der Waals surface area contributed by atoms with Gasteiger partial charge < -0.3 is 30.7 Å². The molecular weight excluding hydrogens is 573 g/mol. The van der Waals surface area contributed by atoms with Crippen LogP contribution < -0.4 is 5.73 Å². The minimum Gasteiger partial charge on any atom is -0.394 e. The van der Waals surface area contributed by atoms with Gasteiger partial charge in [0, 0.05) is 16.7 Å². The summed E-state index contributed by atoms with van der Waals surface area (Å²) in [5.74, 6) is -7.29. The standard InChI is InChI=1S/C31H28FN5O7/c32-31(25(42)19-12-6-2-7-13-19)35-28(33)30(24(41)18-10-4-1-5-11-18)29(37(31)26(43)20-14-8-3-9-15-20)36(17-34-30)27-23(40)22(39)21(16-38)44-27/h1-15,17,21-23,27,29,38-40H,16H2,(H2,33,35)/t21-,22?,23?,27-,29?,30?,31?/m1/s1. The van der Waals surface area contributed by atoms with Gasteiger partial charge in [-0.2, -0.15) is 4.39 Å². The average molecular weight is 602 g/mol. The smallest absolute Gasteiger partial charge is 0.348 e.